The van der Waals surface area contributed by atoms with E-state index in [1.807, 2.05) is 36.1 Å². The Labute approximate surface area is 118 Å². The minimum atomic E-state index is 0.0496. The van der Waals surface area contributed by atoms with Crippen molar-refractivity contribution in [3.8, 4) is 0 Å². The molecule has 1 amide bonds. The quantitative estimate of drug-likeness (QED) is 0.799. The summed E-state index contributed by atoms with van der Waals surface area (Å²) in [7, 11) is 0. The summed E-state index contributed by atoms with van der Waals surface area (Å²) in [6.45, 7) is 3.53. The standard InChI is InChI=1S/C16H19N3O/c1-12-17-14-9-5-4-8-13(14)15(18-12)16(20)19-10-6-2-3-7-11-19/h4-5,8-9H,2-3,6-7,10-11H2,1H3. The molecule has 0 spiro atoms. The van der Waals surface area contributed by atoms with Gasteiger partial charge in [-0.2, -0.15) is 0 Å². The molecule has 1 aromatic heterocycles. The van der Waals surface area contributed by atoms with E-state index in [0.717, 1.165) is 36.8 Å². The zero-order chi connectivity index (χ0) is 13.9. The molecule has 2 aromatic rings. The van der Waals surface area contributed by atoms with E-state index in [4.69, 9.17) is 0 Å². The van der Waals surface area contributed by atoms with Gasteiger partial charge in [-0.05, 0) is 25.8 Å². The third kappa shape index (κ3) is 2.50. The van der Waals surface area contributed by atoms with Crippen molar-refractivity contribution in [2.45, 2.75) is 32.6 Å². The van der Waals surface area contributed by atoms with E-state index in [1.165, 1.54) is 12.8 Å². The topological polar surface area (TPSA) is 46.1 Å². The molecule has 0 saturated carbocycles. The van der Waals surface area contributed by atoms with E-state index in [1.54, 1.807) is 0 Å². The van der Waals surface area contributed by atoms with Gasteiger partial charge in [0.05, 0.1) is 5.52 Å². The van der Waals surface area contributed by atoms with Gasteiger partial charge in [-0.25, -0.2) is 9.97 Å². The van der Waals surface area contributed by atoms with Crippen molar-refractivity contribution >= 4 is 16.8 Å². The summed E-state index contributed by atoms with van der Waals surface area (Å²) in [6.07, 6.45) is 4.61. The molecule has 1 aliphatic rings. The molecule has 0 N–H and O–H groups in total. The average molecular weight is 269 g/mol. The maximum absolute atomic E-state index is 12.8. The van der Waals surface area contributed by atoms with Crippen LogP contribution in [0.3, 0.4) is 0 Å². The molecule has 4 heteroatoms. The Morgan fingerprint density at radius 1 is 1.05 bits per heavy atom. The molecular formula is C16H19N3O. The van der Waals surface area contributed by atoms with Gasteiger partial charge < -0.3 is 4.90 Å². The fraction of sp³-hybridized carbons (Fsp3) is 0.438. The molecule has 0 bridgehead atoms. The Morgan fingerprint density at radius 3 is 2.50 bits per heavy atom. The summed E-state index contributed by atoms with van der Waals surface area (Å²) in [4.78, 5) is 23.5. The van der Waals surface area contributed by atoms with Crippen LogP contribution in [0.2, 0.25) is 0 Å². The largest absolute Gasteiger partial charge is 0.337 e. The first-order valence-electron chi connectivity index (χ1n) is 7.28. The van der Waals surface area contributed by atoms with E-state index >= 15 is 0 Å². The van der Waals surface area contributed by atoms with E-state index in [0.29, 0.717) is 11.5 Å². The number of carbonyl (C=O) groups excluding carboxylic acids is 1. The number of hydrogen-bond acceptors (Lipinski definition) is 3. The van der Waals surface area contributed by atoms with Crippen molar-refractivity contribution in [2.75, 3.05) is 13.1 Å². The van der Waals surface area contributed by atoms with Gasteiger partial charge in [0.2, 0.25) is 0 Å². The maximum atomic E-state index is 12.8. The van der Waals surface area contributed by atoms with Crippen LogP contribution in [0.15, 0.2) is 24.3 Å². The number of carbonyl (C=O) groups is 1. The normalized spacial score (nSPS) is 16.1. The SMILES string of the molecule is Cc1nc(C(=O)N2CCCCCC2)c2ccccc2n1. The number of aromatic nitrogens is 2. The molecule has 1 fully saturated rings. The van der Waals surface area contributed by atoms with Crippen molar-refractivity contribution < 1.29 is 4.79 Å². The van der Waals surface area contributed by atoms with Crippen molar-refractivity contribution in [1.29, 1.82) is 0 Å². The van der Waals surface area contributed by atoms with E-state index < -0.39 is 0 Å². The highest BCUT2D eigenvalue weighted by Crippen LogP contribution is 2.19. The maximum Gasteiger partial charge on any atom is 0.273 e. The second-order valence-electron chi connectivity index (χ2n) is 5.34. The molecule has 0 aliphatic carbocycles. The molecular weight excluding hydrogens is 250 g/mol. The summed E-state index contributed by atoms with van der Waals surface area (Å²) in [5.41, 5.74) is 1.40. The Bertz CT molecular complexity index is 631. The predicted molar refractivity (Wildman–Crippen MR) is 78.6 cm³/mol. The molecule has 1 saturated heterocycles. The van der Waals surface area contributed by atoms with Gasteiger partial charge in [-0.15, -0.1) is 0 Å². The molecule has 20 heavy (non-hydrogen) atoms. The fourth-order valence-corrected chi connectivity index (χ4v) is 2.78. The van der Waals surface area contributed by atoms with Crippen molar-refractivity contribution in [1.82, 2.24) is 14.9 Å². The Kier molecular flexibility index (Phi) is 3.63. The predicted octanol–water partition coefficient (Wildman–Crippen LogP) is 2.95. The zero-order valence-corrected chi connectivity index (χ0v) is 11.8. The van der Waals surface area contributed by atoms with Crippen LogP contribution >= 0.6 is 0 Å². The fourth-order valence-electron chi connectivity index (χ4n) is 2.78. The smallest absolute Gasteiger partial charge is 0.273 e. The van der Waals surface area contributed by atoms with Crippen LogP contribution in [0.5, 0.6) is 0 Å². The lowest BCUT2D eigenvalue weighted by atomic mass is 10.1. The molecule has 0 atom stereocenters. The number of benzene rings is 1. The number of rotatable bonds is 1. The van der Waals surface area contributed by atoms with Gasteiger partial charge in [-0.1, -0.05) is 31.0 Å². The van der Waals surface area contributed by atoms with Crippen LogP contribution in [-0.4, -0.2) is 33.9 Å². The lowest BCUT2D eigenvalue weighted by Crippen LogP contribution is -2.32. The first kappa shape index (κ1) is 13.0. The summed E-state index contributed by atoms with van der Waals surface area (Å²) in [5.74, 6) is 0.704. The summed E-state index contributed by atoms with van der Waals surface area (Å²) in [6, 6.07) is 7.73. The van der Waals surface area contributed by atoms with Crippen molar-refractivity contribution in [3.63, 3.8) is 0 Å². The average Bonchev–Trinajstić information content (AvgIpc) is 2.74. The lowest BCUT2D eigenvalue weighted by molar-refractivity contribution is 0.0757. The third-order valence-electron chi connectivity index (χ3n) is 3.81. The highest BCUT2D eigenvalue weighted by atomic mass is 16.2. The van der Waals surface area contributed by atoms with Crippen LogP contribution in [0.1, 0.15) is 42.0 Å². The number of aryl methyl sites for hydroxylation is 1. The van der Waals surface area contributed by atoms with Crippen LogP contribution in [0.4, 0.5) is 0 Å². The Balaban J connectivity index is 2.02. The molecule has 4 nitrogen and oxygen atoms in total. The van der Waals surface area contributed by atoms with E-state index in [-0.39, 0.29) is 5.91 Å². The minimum absolute atomic E-state index is 0.0496. The summed E-state index contributed by atoms with van der Waals surface area (Å²) < 4.78 is 0. The van der Waals surface area contributed by atoms with Gasteiger partial charge in [0, 0.05) is 18.5 Å². The number of fused-ring (bicyclic) bond motifs is 1. The Morgan fingerprint density at radius 2 is 1.75 bits per heavy atom. The Hall–Kier alpha value is -1.97. The molecule has 1 aromatic carbocycles. The highest BCUT2D eigenvalue weighted by Gasteiger charge is 2.21. The number of amides is 1. The van der Waals surface area contributed by atoms with Gasteiger partial charge >= 0.3 is 0 Å². The summed E-state index contributed by atoms with van der Waals surface area (Å²) in [5, 5.41) is 0.854. The molecule has 0 unspecified atom stereocenters. The van der Waals surface area contributed by atoms with Gasteiger partial charge in [0.15, 0.2) is 0 Å². The molecule has 104 valence electrons. The third-order valence-corrected chi connectivity index (χ3v) is 3.81. The summed E-state index contributed by atoms with van der Waals surface area (Å²) >= 11 is 0. The van der Waals surface area contributed by atoms with Crippen molar-refractivity contribution in [3.05, 3.63) is 35.8 Å². The highest BCUT2D eigenvalue weighted by molar-refractivity contribution is 6.04. The zero-order valence-electron chi connectivity index (χ0n) is 11.8. The second kappa shape index (κ2) is 5.57. The van der Waals surface area contributed by atoms with E-state index in [2.05, 4.69) is 9.97 Å². The lowest BCUT2D eigenvalue weighted by Gasteiger charge is -2.20. The van der Waals surface area contributed by atoms with Crippen molar-refractivity contribution in [2.24, 2.45) is 0 Å². The first-order valence-corrected chi connectivity index (χ1v) is 7.28. The van der Waals surface area contributed by atoms with Gasteiger partial charge in [-0.3, -0.25) is 4.79 Å². The monoisotopic (exact) mass is 269 g/mol. The number of hydrogen-bond donors (Lipinski definition) is 0. The molecule has 3 rings (SSSR count). The number of nitrogens with zero attached hydrogens (tertiary/aromatic N) is 3. The second-order valence-corrected chi connectivity index (χ2v) is 5.34. The number of para-hydroxylation sites is 1. The molecule has 2 heterocycles. The van der Waals surface area contributed by atoms with Crippen LogP contribution in [0.25, 0.3) is 10.9 Å². The molecule has 1 aliphatic heterocycles. The van der Waals surface area contributed by atoms with Gasteiger partial charge in [0.1, 0.15) is 11.5 Å². The van der Waals surface area contributed by atoms with Crippen LogP contribution in [0, 0.1) is 6.92 Å². The molecule has 0 radical (unpaired) electrons. The first-order chi connectivity index (χ1) is 9.75. The van der Waals surface area contributed by atoms with E-state index in [9.17, 15) is 4.79 Å². The van der Waals surface area contributed by atoms with Crippen LogP contribution < -0.4 is 0 Å². The number of likely N-dealkylation sites (tertiary alicyclic amines) is 1. The van der Waals surface area contributed by atoms with Gasteiger partial charge in [0.25, 0.3) is 5.91 Å². The minimum Gasteiger partial charge on any atom is -0.337 e. The van der Waals surface area contributed by atoms with Crippen LogP contribution in [-0.2, 0) is 0 Å².